The van der Waals surface area contributed by atoms with E-state index in [0.29, 0.717) is 35.1 Å². The molecule has 1 atom stereocenters. The maximum Gasteiger partial charge on any atom is 0.249 e. The number of nitrogens with zero attached hydrogens (tertiary/aromatic N) is 2. The predicted octanol–water partition coefficient (Wildman–Crippen LogP) is 4.46. The third kappa shape index (κ3) is 4.49. The summed E-state index contributed by atoms with van der Waals surface area (Å²) in [6.07, 6.45) is 0. The first-order chi connectivity index (χ1) is 15.4. The van der Waals surface area contributed by atoms with E-state index < -0.39 is 17.6 Å². The Balaban J connectivity index is 1.91. The van der Waals surface area contributed by atoms with Gasteiger partial charge < -0.3 is 19.4 Å². The van der Waals surface area contributed by atoms with Crippen molar-refractivity contribution in [1.29, 1.82) is 5.26 Å². The zero-order valence-electron chi connectivity index (χ0n) is 18.5. The molecule has 1 unspecified atom stereocenters. The number of anilines is 1. The number of methoxy groups -OCH3 is 1. The summed E-state index contributed by atoms with van der Waals surface area (Å²) in [4.78, 5) is 26.0. The lowest BCUT2D eigenvalue weighted by Gasteiger charge is -2.14. The number of benzene rings is 2. The molecule has 1 aromatic heterocycles. The lowest BCUT2D eigenvalue weighted by molar-refractivity contribution is -0.117. The number of carbonyl (C=O) groups is 2. The lowest BCUT2D eigenvalue weighted by atomic mass is 9.98. The first kappa shape index (κ1) is 22.6. The Labute approximate surface area is 187 Å². The first-order valence-electron chi connectivity index (χ1n) is 10.2. The van der Waals surface area contributed by atoms with Crippen molar-refractivity contribution in [2.75, 3.05) is 19.0 Å². The number of rotatable bonds is 8. The largest absolute Gasteiger partial charge is 0.497 e. The van der Waals surface area contributed by atoms with Crippen LogP contribution in [0.5, 0.6) is 11.5 Å². The van der Waals surface area contributed by atoms with E-state index in [-0.39, 0.29) is 0 Å². The van der Waals surface area contributed by atoms with Gasteiger partial charge in [0.15, 0.2) is 11.7 Å². The molecule has 7 heteroatoms. The van der Waals surface area contributed by atoms with Gasteiger partial charge in [-0.05, 0) is 51.1 Å². The average Bonchev–Trinajstić information content (AvgIpc) is 3.09. The summed E-state index contributed by atoms with van der Waals surface area (Å²) in [5, 5.41) is 12.3. The second-order valence-electron chi connectivity index (χ2n) is 7.17. The van der Waals surface area contributed by atoms with Gasteiger partial charge >= 0.3 is 0 Å². The third-order valence-corrected chi connectivity index (χ3v) is 5.11. The molecule has 0 fully saturated rings. The van der Waals surface area contributed by atoms with Crippen molar-refractivity contribution in [3.8, 4) is 23.3 Å². The van der Waals surface area contributed by atoms with Crippen LogP contribution >= 0.6 is 0 Å². The molecule has 0 aliphatic rings. The Morgan fingerprint density at radius 3 is 2.56 bits per heavy atom. The highest BCUT2D eigenvalue weighted by atomic mass is 16.5. The number of aromatic nitrogens is 1. The van der Waals surface area contributed by atoms with E-state index in [1.54, 1.807) is 44.4 Å². The fourth-order valence-electron chi connectivity index (χ4n) is 3.61. The molecule has 0 aliphatic heterocycles. The number of amides is 1. The van der Waals surface area contributed by atoms with Crippen LogP contribution in [-0.4, -0.2) is 30.0 Å². The fraction of sp³-hybridized carbons (Fsp3) is 0.240. The van der Waals surface area contributed by atoms with Crippen LogP contribution in [0.2, 0.25) is 0 Å². The van der Waals surface area contributed by atoms with Gasteiger partial charge in [0.2, 0.25) is 5.91 Å². The summed E-state index contributed by atoms with van der Waals surface area (Å²) in [5.74, 6) is -1.59. The SMILES string of the molecule is CCOc1ccccc1NC(=O)C(C#N)C(=O)c1cc(C)n(-c2cccc(OC)c2)c1C. The number of nitriles is 1. The van der Waals surface area contributed by atoms with E-state index in [1.165, 1.54) is 0 Å². The standard InChI is InChI=1S/C25H25N3O4/c1-5-32-23-12-7-6-11-22(23)27-25(30)21(15-26)24(29)20-13-16(2)28(17(20)3)18-9-8-10-19(14-18)31-4/h6-14,21H,5H2,1-4H3,(H,27,30). The van der Waals surface area contributed by atoms with Gasteiger partial charge in [0.25, 0.3) is 0 Å². The summed E-state index contributed by atoms with van der Waals surface area (Å²) in [5.41, 5.74) is 3.00. The molecule has 3 rings (SSSR count). The van der Waals surface area contributed by atoms with Crippen molar-refractivity contribution in [3.63, 3.8) is 0 Å². The Hall–Kier alpha value is -4.05. The number of hydrogen-bond donors (Lipinski definition) is 1. The minimum Gasteiger partial charge on any atom is -0.497 e. The molecular weight excluding hydrogens is 406 g/mol. The highest BCUT2D eigenvalue weighted by Gasteiger charge is 2.31. The molecule has 0 saturated heterocycles. The summed E-state index contributed by atoms with van der Waals surface area (Å²) >= 11 is 0. The van der Waals surface area contributed by atoms with E-state index >= 15 is 0 Å². The van der Waals surface area contributed by atoms with E-state index in [4.69, 9.17) is 9.47 Å². The molecule has 164 valence electrons. The zero-order chi connectivity index (χ0) is 23.3. The van der Waals surface area contributed by atoms with E-state index in [2.05, 4.69) is 5.32 Å². The molecular formula is C25H25N3O4. The van der Waals surface area contributed by atoms with Gasteiger partial charge in [-0.15, -0.1) is 0 Å². The Morgan fingerprint density at radius 2 is 1.88 bits per heavy atom. The van der Waals surface area contributed by atoms with E-state index in [0.717, 1.165) is 11.4 Å². The quantitative estimate of drug-likeness (QED) is 0.420. The number of nitrogens with one attached hydrogen (secondary N) is 1. The Kier molecular flexibility index (Phi) is 6.96. The number of ketones is 1. The maximum atomic E-state index is 13.2. The molecule has 7 nitrogen and oxygen atoms in total. The average molecular weight is 431 g/mol. The number of para-hydroxylation sites is 2. The van der Waals surface area contributed by atoms with Crippen LogP contribution < -0.4 is 14.8 Å². The normalized spacial score (nSPS) is 11.3. The van der Waals surface area contributed by atoms with Crippen molar-refractivity contribution in [3.05, 3.63) is 71.5 Å². The summed E-state index contributed by atoms with van der Waals surface area (Å²) in [6.45, 7) is 5.90. The number of carbonyl (C=O) groups excluding carboxylic acids is 2. The van der Waals surface area contributed by atoms with Crippen LogP contribution in [0.1, 0.15) is 28.7 Å². The van der Waals surface area contributed by atoms with Crippen molar-refractivity contribution < 1.29 is 19.1 Å². The second kappa shape index (κ2) is 9.84. The van der Waals surface area contributed by atoms with Crippen LogP contribution in [0.25, 0.3) is 5.69 Å². The number of aryl methyl sites for hydroxylation is 1. The van der Waals surface area contributed by atoms with Gasteiger partial charge in [-0.25, -0.2) is 0 Å². The van der Waals surface area contributed by atoms with Crippen molar-refractivity contribution >= 4 is 17.4 Å². The molecule has 0 radical (unpaired) electrons. The molecule has 3 aromatic rings. The molecule has 1 amide bonds. The first-order valence-corrected chi connectivity index (χ1v) is 10.2. The summed E-state index contributed by atoms with van der Waals surface area (Å²) in [7, 11) is 1.59. The minimum atomic E-state index is -1.50. The van der Waals surface area contributed by atoms with Crippen molar-refractivity contribution in [1.82, 2.24) is 4.57 Å². The van der Waals surface area contributed by atoms with Crippen LogP contribution in [0, 0.1) is 31.1 Å². The van der Waals surface area contributed by atoms with Gasteiger partial charge in [-0.1, -0.05) is 18.2 Å². The number of Topliss-reactive ketones (excluding diaryl/α,β-unsaturated/α-hetero) is 1. The van der Waals surface area contributed by atoms with Gasteiger partial charge in [0, 0.05) is 28.7 Å². The molecule has 0 saturated carbocycles. The topological polar surface area (TPSA) is 93.4 Å². The highest BCUT2D eigenvalue weighted by molar-refractivity contribution is 6.16. The summed E-state index contributed by atoms with van der Waals surface area (Å²) < 4.78 is 12.7. The molecule has 0 spiro atoms. The lowest BCUT2D eigenvalue weighted by Crippen LogP contribution is -2.29. The molecule has 1 heterocycles. The zero-order valence-corrected chi connectivity index (χ0v) is 18.5. The van der Waals surface area contributed by atoms with Crippen LogP contribution in [-0.2, 0) is 4.79 Å². The van der Waals surface area contributed by atoms with Gasteiger partial charge in [0.05, 0.1) is 25.5 Å². The minimum absolute atomic E-state index is 0.324. The monoisotopic (exact) mass is 431 g/mol. The number of hydrogen-bond acceptors (Lipinski definition) is 5. The fourth-order valence-corrected chi connectivity index (χ4v) is 3.61. The van der Waals surface area contributed by atoms with Crippen LogP contribution in [0.15, 0.2) is 54.6 Å². The highest BCUT2D eigenvalue weighted by Crippen LogP contribution is 2.27. The van der Waals surface area contributed by atoms with Crippen LogP contribution in [0.3, 0.4) is 0 Å². The predicted molar refractivity (Wildman–Crippen MR) is 121 cm³/mol. The van der Waals surface area contributed by atoms with E-state index in [1.807, 2.05) is 48.7 Å². The van der Waals surface area contributed by atoms with Gasteiger partial charge in [0.1, 0.15) is 11.5 Å². The molecule has 32 heavy (non-hydrogen) atoms. The maximum absolute atomic E-state index is 13.2. The van der Waals surface area contributed by atoms with Gasteiger partial charge in [-0.3, -0.25) is 9.59 Å². The smallest absolute Gasteiger partial charge is 0.249 e. The van der Waals surface area contributed by atoms with Crippen LogP contribution in [0.4, 0.5) is 5.69 Å². The van der Waals surface area contributed by atoms with Crippen molar-refractivity contribution in [2.24, 2.45) is 5.92 Å². The Bertz CT molecular complexity index is 1190. The molecule has 1 N–H and O–H groups in total. The number of ether oxygens (including phenoxy) is 2. The molecule has 0 aliphatic carbocycles. The third-order valence-electron chi connectivity index (χ3n) is 5.11. The van der Waals surface area contributed by atoms with E-state index in [9.17, 15) is 14.9 Å². The summed E-state index contributed by atoms with van der Waals surface area (Å²) in [6, 6.07) is 17.9. The van der Waals surface area contributed by atoms with Crippen molar-refractivity contribution in [2.45, 2.75) is 20.8 Å². The Morgan fingerprint density at radius 1 is 1.12 bits per heavy atom. The molecule has 2 aromatic carbocycles. The second-order valence-corrected chi connectivity index (χ2v) is 7.17. The molecule has 0 bridgehead atoms. The van der Waals surface area contributed by atoms with Gasteiger partial charge in [-0.2, -0.15) is 5.26 Å².